The van der Waals surface area contributed by atoms with Crippen LogP contribution in [0.5, 0.6) is 0 Å². The first-order chi connectivity index (χ1) is 8.12. The van der Waals surface area contributed by atoms with E-state index in [4.69, 9.17) is 0 Å². The smallest absolute Gasteiger partial charge is 0.0881 e. The lowest BCUT2D eigenvalue weighted by Crippen LogP contribution is -2.26. The molecule has 0 saturated carbocycles. The van der Waals surface area contributed by atoms with Gasteiger partial charge in [-0.15, -0.1) is 0 Å². The second-order valence-electron chi connectivity index (χ2n) is 4.90. The first kappa shape index (κ1) is 11.9. The average molecular weight is 226 g/mol. The van der Waals surface area contributed by atoms with E-state index in [0.717, 1.165) is 11.1 Å². The van der Waals surface area contributed by atoms with Crippen molar-refractivity contribution < 1.29 is 5.11 Å². The largest absolute Gasteiger partial charge is 0.388 e. The van der Waals surface area contributed by atoms with Crippen molar-refractivity contribution in [1.82, 2.24) is 0 Å². The Hall–Kier alpha value is -1.60. The van der Waals surface area contributed by atoms with E-state index in [-0.39, 0.29) is 5.41 Å². The number of benzene rings is 2. The molecule has 0 aromatic heterocycles. The first-order valence-corrected chi connectivity index (χ1v) is 5.91. The maximum atomic E-state index is 10.5. The van der Waals surface area contributed by atoms with Crippen LogP contribution in [0.2, 0.25) is 0 Å². The van der Waals surface area contributed by atoms with Crippen LogP contribution in [0.15, 0.2) is 60.7 Å². The third-order valence-corrected chi connectivity index (χ3v) is 3.32. The van der Waals surface area contributed by atoms with Crippen LogP contribution in [0.1, 0.15) is 31.1 Å². The lowest BCUT2D eigenvalue weighted by molar-refractivity contribution is 0.100. The van der Waals surface area contributed by atoms with Crippen LogP contribution in [0.25, 0.3) is 0 Å². The predicted octanol–water partition coefficient (Wildman–Crippen LogP) is 3.70. The summed E-state index contributed by atoms with van der Waals surface area (Å²) in [7, 11) is 0. The van der Waals surface area contributed by atoms with Crippen LogP contribution in [0, 0.1) is 0 Å². The van der Waals surface area contributed by atoms with Gasteiger partial charge in [0.05, 0.1) is 6.10 Å². The number of hydrogen-bond acceptors (Lipinski definition) is 1. The Morgan fingerprint density at radius 3 is 1.82 bits per heavy atom. The van der Waals surface area contributed by atoms with E-state index in [1.54, 1.807) is 0 Å². The Labute approximate surface area is 103 Å². The highest BCUT2D eigenvalue weighted by Gasteiger charge is 2.30. The molecule has 0 saturated heterocycles. The van der Waals surface area contributed by atoms with E-state index >= 15 is 0 Å². The fraction of sp³-hybridized carbons (Fsp3) is 0.250. The highest BCUT2D eigenvalue weighted by Crippen LogP contribution is 2.36. The molecular weight excluding hydrogens is 208 g/mol. The van der Waals surface area contributed by atoms with Gasteiger partial charge >= 0.3 is 0 Å². The van der Waals surface area contributed by atoms with Crippen molar-refractivity contribution in [2.75, 3.05) is 0 Å². The van der Waals surface area contributed by atoms with E-state index in [9.17, 15) is 5.11 Å². The molecule has 2 aromatic carbocycles. The fourth-order valence-electron chi connectivity index (χ4n) is 2.08. The van der Waals surface area contributed by atoms with E-state index in [1.807, 2.05) is 48.5 Å². The van der Waals surface area contributed by atoms with E-state index in [1.165, 1.54) is 0 Å². The molecule has 0 spiro atoms. The second-order valence-corrected chi connectivity index (χ2v) is 4.90. The van der Waals surface area contributed by atoms with Gasteiger partial charge in [0.25, 0.3) is 0 Å². The van der Waals surface area contributed by atoms with Gasteiger partial charge in [0.1, 0.15) is 0 Å². The zero-order valence-electron chi connectivity index (χ0n) is 10.3. The summed E-state index contributed by atoms with van der Waals surface area (Å²) in [5, 5.41) is 10.5. The Balaban J connectivity index is 2.33. The summed E-state index contributed by atoms with van der Waals surface area (Å²) in [5.41, 5.74) is 1.82. The topological polar surface area (TPSA) is 20.2 Å². The maximum absolute atomic E-state index is 10.5. The first-order valence-electron chi connectivity index (χ1n) is 5.91. The zero-order chi connectivity index (χ0) is 12.3. The molecule has 0 amide bonds. The number of aliphatic hydroxyl groups excluding tert-OH is 1. The molecule has 17 heavy (non-hydrogen) atoms. The lowest BCUT2D eigenvalue weighted by atomic mass is 9.77. The molecule has 0 aliphatic carbocycles. The number of rotatable bonds is 3. The van der Waals surface area contributed by atoms with Crippen molar-refractivity contribution in [3.05, 3.63) is 71.8 Å². The van der Waals surface area contributed by atoms with Crippen molar-refractivity contribution in [3.63, 3.8) is 0 Å². The minimum absolute atomic E-state index is 0.289. The van der Waals surface area contributed by atoms with E-state index in [2.05, 4.69) is 26.0 Å². The van der Waals surface area contributed by atoms with Crippen molar-refractivity contribution in [3.8, 4) is 0 Å². The van der Waals surface area contributed by atoms with Crippen molar-refractivity contribution in [2.24, 2.45) is 0 Å². The average Bonchev–Trinajstić information content (AvgIpc) is 2.40. The van der Waals surface area contributed by atoms with Gasteiger partial charge in [-0.05, 0) is 11.1 Å². The second kappa shape index (κ2) is 4.72. The third-order valence-electron chi connectivity index (χ3n) is 3.32. The molecule has 0 radical (unpaired) electrons. The predicted molar refractivity (Wildman–Crippen MR) is 70.9 cm³/mol. The molecule has 1 atom stereocenters. The molecule has 0 heterocycles. The lowest BCUT2D eigenvalue weighted by Gasteiger charge is -2.31. The Bertz CT molecular complexity index is 459. The standard InChI is InChI=1S/C16H18O/c1-16(2,14-11-7-4-8-12-14)15(17)13-9-5-3-6-10-13/h3-12,15,17H,1-2H3/t15-/m0/s1. The summed E-state index contributed by atoms with van der Waals surface area (Å²) in [6.45, 7) is 4.14. The summed E-state index contributed by atoms with van der Waals surface area (Å²) in [6.07, 6.45) is -0.494. The summed E-state index contributed by atoms with van der Waals surface area (Å²) in [4.78, 5) is 0. The maximum Gasteiger partial charge on any atom is 0.0881 e. The number of aliphatic hydroxyl groups is 1. The summed E-state index contributed by atoms with van der Waals surface area (Å²) in [6, 6.07) is 20.0. The van der Waals surface area contributed by atoms with Gasteiger partial charge in [0.2, 0.25) is 0 Å². The van der Waals surface area contributed by atoms with Crippen LogP contribution < -0.4 is 0 Å². The summed E-state index contributed by atoms with van der Waals surface area (Å²) >= 11 is 0. The molecule has 0 unspecified atom stereocenters. The zero-order valence-corrected chi connectivity index (χ0v) is 10.3. The Morgan fingerprint density at radius 1 is 0.824 bits per heavy atom. The quantitative estimate of drug-likeness (QED) is 0.846. The molecule has 1 N–H and O–H groups in total. The Kier molecular flexibility index (Phi) is 3.30. The fourth-order valence-corrected chi connectivity index (χ4v) is 2.08. The molecule has 88 valence electrons. The van der Waals surface area contributed by atoms with Crippen molar-refractivity contribution in [1.29, 1.82) is 0 Å². The van der Waals surface area contributed by atoms with Crippen molar-refractivity contribution >= 4 is 0 Å². The van der Waals surface area contributed by atoms with Gasteiger partial charge in [-0.1, -0.05) is 74.5 Å². The highest BCUT2D eigenvalue weighted by atomic mass is 16.3. The van der Waals surface area contributed by atoms with Gasteiger partial charge in [0.15, 0.2) is 0 Å². The van der Waals surface area contributed by atoms with Gasteiger partial charge < -0.3 is 5.11 Å². The van der Waals surface area contributed by atoms with Crippen LogP contribution in [0.4, 0.5) is 0 Å². The van der Waals surface area contributed by atoms with Crippen LogP contribution in [0.3, 0.4) is 0 Å². The van der Waals surface area contributed by atoms with Gasteiger partial charge in [0, 0.05) is 5.41 Å². The third kappa shape index (κ3) is 2.40. The minimum Gasteiger partial charge on any atom is -0.388 e. The van der Waals surface area contributed by atoms with E-state index in [0.29, 0.717) is 0 Å². The van der Waals surface area contributed by atoms with E-state index < -0.39 is 6.10 Å². The Morgan fingerprint density at radius 2 is 1.29 bits per heavy atom. The molecule has 1 heteroatoms. The van der Waals surface area contributed by atoms with Crippen LogP contribution >= 0.6 is 0 Å². The van der Waals surface area contributed by atoms with Crippen molar-refractivity contribution in [2.45, 2.75) is 25.4 Å². The SMILES string of the molecule is CC(C)(c1ccccc1)[C@@H](O)c1ccccc1. The molecule has 0 fully saturated rings. The van der Waals surface area contributed by atoms with Crippen LogP contribution in [-0.4, -0.2) is 5.11 Å². The highest BCUT2D eigenvalue weighted by molar-refractivity contribution is 5.30. The molecule has 0 aliphatic rings. The number of hydrogen-bond donors (Lipinski definition) is 1. The van der Waals surface area contributed by atoms with Crippen LogP contribution in [-0.2, 0) is 5.41 Å². The molecule has 0 bridgehead atoms. The van der Waals surface area contributed by atoms with Gasteiger partial charge in [-0.3, -0.25) is 0 Å². The summed E-state index contributed by atoms with van der Waals surface area (Å²) < 4.78 is 0. The molecule has 2 rings (SSSR count). The summed E-state index contributed by atoms with van der Waals surface area (Å²) in [5.74, 6) is 0. The molecular formula is C16H18O. The van der Waals surface area contributed by atoms with Gasteiger partial charge in [-0.25, -0.2) is 0 Å². The molecule has 1 nitrogen and oxygen atoms in total. The molecule has 2 aromatic rings. The normalized spacial score (nSPS) is 13.4. The van der Waals surface area contributed by atoms with Gasteiger partial charge in [-0.2, -0.15) is 0 Å². The monoisotopic (exact) mass is 226 g/mol. The minimum atomic E-state index is -0.494. The molecule has 0 aliphatic heterocycles.